The molecule has 0 N–H and O–H groups in total. The summed E-state index contributed by atoms with van der Waals surface area (Å²) < 4.78 is 0. The molecule has 0 aliphatic carbocycles. The molecule has 20 heavy (non-hydrogen) atoms. The third-order valence-electron chi connectivity index (χ3n) is 5.70. The van der Waals surface area contributed by atoms with Crippen LogP contribution in [0.2, 0.25) is 0 Å². The minimum Gasteiger partial charge on any atom is -0.0654 e. The molecule has 0 aromatic heterocycles. The van der Waals surface area contributed by atoms with Crippen LogP contribution < -0.4 is 0 Å². The van der Waals surface area contributed by atoms with Gasteiger partial charge in [0.25, 0.3) is 0 Å². The van der Waals surface area contributed by atoms with Gasteiger partial charge in [-0.1, -0.05) is 81.6 Å². The Balaban J connectivity index is 4.50. The SMILES string of the molecule is CCCC(CCC(C)(C)C)CC(C)C(C)C(C)(C)CC. The molecule has 0 aliphatic rings. The van der Waals surface area contributed by atoms with Crippen LogP contribution in [0.5, 0.6) is 0 Å². The summed E-state index contributed by atoms with van der Waals surface area (Å²) in [6, 6.07) is 0. The van der Waals surface area contributed by atoms with Gasteiger partial charge in [-0.3, -0.25) is 0 Å². The first-order chi connectivity index (χ1) is 9.03. The highest BCUT2D eigenvalue weighted by atomic mass is 14.3. The average molecular weight is 283 g/mol. The van der Waals surface area contributed by atoms with E-state index in [1.165, 1.54) is 38.5 Å². The van der Waals surface area contributed by atoms with E-state index in [2.05, 4.69) is 62.3 Å². The van der Waals surface area contributed by atoms with Crippen LogP contribution in [0.3, 0.4) is 0 Å². The van der Waals surface area contributed by atoms with E-state index in [0.29, 0.717) is 10.8 Å². The van der Waals surface area contributed by atoms with E-state index >= 15 is 0 Å². The molecule has 0 nitrogen and oxygen atoms in total. The molecule has 0 bridgehead atoms. The van der Waals surface area contributed by atoms with Gasteiger partial charge < -0.3 is 0 Å². The summed E-state index contributed by atoms with van der Waals surface area (Å²) in [6.07, 6.45) is 8.26. The zero-order valence-corrected chi connectivity index (χ0v) is 16.0. The van der Waals surface area contributed by atoms with Gasteiger partial charge in [0.2, 0.25) is 0 Å². The molecule has 0 heterocycles. The lowest BCUT2D eigenvalue weighted by atomic mass is 9.69. The maximum atomic E-state index is 2.49. The molecule has 0 spiro atoms. The van der Waals surface area contributed by atoms with Gasteiger partial charge in [-0.25, -0.2) is 0 Å². The minimum absolute atomic E-state index is 0.486. The molecular weight excluding hydrogens is 240 g/mol. The molecule has 0 saturated carbocycles. The summed E-state index contributed by atoms with van der Waals surface area (Å²) >= 11 is 0. The highest BCUT2D eigenvalue weighted by Crippen LogP contribution is 2.39. The molecule has 0 rings (SSSR count). The van der Waals surface area contributed by atoms with Crippen molar-refractivity contribution in [2.75, 3.05) is 0 Å². The van der Waals surface area contributed by atoms with Gasteiger partial charge in [0, 0.05) is 0 Å². The molecule has 0 fully saturated rings. The second-order valence-corrected chi connectivity index (χ2v) is 9.10. The largest absolute Gasteiger partial charge is 0.0654 e. The van der Waals surface area contributed by atoms with E-state index in [1.54, 1.807) is 0 Å². The third kappa shape index (κ3) is 7.70. The Labute approximate surface area is 130 Å². The molecule has 0 aliphatic heterocycles. The van der Waals surface area contributed by atoms with Crippen molar-refractivity contribution in [2.45, 2.75) is 101 Å². The molecule has 3 atom stereocenters. The van der Waals surface area contributed by atoms with Crippen LogP contribution >= 0.6 is 0 Å². The van der Waals surface area contributed by atoms with Crippen molar-refractivity contribution in [1.29, 1.82) is 0 Å². The van der Waals surface area contributed by atoms with Crippen LogP contribution in [-0.2, 0) is 0 Å². The standard InChI is InChI=1S/C20H42/c1-10-12-18(13-14-19(5,6)7)15-16(3)17(4)20(8,9)11-2/h16-18H,10-15H2,1-9H3. The average Bonchev–Trinajstić information content (AvgIpc) is 2.34. The van der Waals surface area contributed by atoms with Gasteiger partial charge in [0.05, 0.1) is 0 Å². The van der Waals surface area contributed by atoms with Gasteiger partial charge in [-0.2, -0.15) is 0 Å². The van der Waals surface area contributed by atoms with E-state index < -0.39 is 0 Å². The van der Waals surface area contributed by atoms with Gasteiger partial charge >= 0.3 is 0 Å². The summed E-state index contributed by atoms with van der Waals surface area (Å²) in [5.74, 6) is 2.60. The summed E-state index contributed by atoms with van der Waals surface area (Å²) in [5, 5.41) is 0. The van der Waals surface area contributed by atoms with Crippen molar-refractivity contribution in [3.05, 3.63) is 0 Å². The highest BCUT2D eigenvalue weighted by molar-refractivity contribution is 4.79. The predicted molar refractivity (Wildman–Crippen MR) is 94.1 cm³/mol. The lowest BCUT2D eigenvalue weighted by Gasteiger charge is -2.37. The molecule has 0 saturated heterocycles. The van der Waals surface area contributed by atoms with Gasteiger partial charge in [0.1, 0.15) is 0 Å². The normalized spacial score (nSPS) is 17.9. The molecule has 0 aromatic carbocycles. The maximum absolute atomic E-state index is 2.49. The van der Waals surface area contributed by atoms with Crippen LogP contribution in [0.15, 0.2) is 0 Å². The first kappa shape index (κ1) is 20.0. The second-order valence-electron chi connectivity index (χ2n) is 9.10. The number of hydrogen-bond acceptors (Lipinski definition) is 0. The van der Waals surface area contributed by atoms with Crippen molar-refractivity contribution in [3.63, 3.8) is 0 Å². The predicted octanol–water partition coefficient (Wildman–Crippen LogP) is 7.33. The van der Waals surface area contributed by atoms with Crippen molar-refractivity contribution in [2.24, 2.45) is 28.6 Å². The third-order valence-corrected chi connectivity index (χ3v) is 5.70. The fraction of sp³-hybridized carbons (Fsp3) is 1.00. The topological polar surface area (TPSA) is 0 Å². The van der Waals surface area contributed by atoms with E-state index in [9.17, 15) is 0 Å². The van der Waals surface area contributed by atoms with Crippen molar-refractivity contribution >= 4 is 0 Å². The smallest absolute Gasteiger partial charge is 0.0329 e. The van der Waals surface area contributed by atoms with Crippen molar-refractivity contribution in [3.8, 4) is 0 Å². The Kier molecular flexibility index (Phi) is 8.44. The Morgan fingerprint density at radius 1 is 0.850 bits per heavy atom. The molecule has 3 unspecified atom stereocenters. The zero-order valence-electron chi connectivity index (χ0n) is 16.0. The quantitative estimate of drug-likeness (QED) is 0.415. The van der Waals surface area contributed by atoms with Crippen LogP contribution in [-0.4, -0.2) is 0 Å². The van der Waals surface area contributed by atoms with E-state index in [-0.39, 0.29) is 0 Å². The van der Waals surface area contributed by atoms with Crippen LogP contribution in [0.1, 0.15) is 101 Å². The van der Waals surface area contributed by atoms with E-state index in [0.717, 1.165) is 17.8 Å². The van der Waals surface area contributed by atoms with Crippen LogP contribution in [0, 0.1) is 28.6 Å². The maximum Gasteiger partial charge on any atom is -0.0329 e. The molecular formula is C20H42. The fourth-order valence-corrected chi connectivity index (χ4v) is 3.25. The second kappa shape index (κ2) is 8.44. The Morgan fingerprint density at radius 3 is 1.80 bits per heavy atom. The van der Waals surface area contributed by atoms with E-state index in [1.807, 2.05) is 0 Å². The van der Waals surface area contributed by atoms with Crippen LogP contribution in [0.4, 0.5) is 0 Å². The first-order valence-electron chi connectivity index (χ1n) is 9.03. The van der Waals surface area contributed by atoms with E-state index in [4.69, 9.17) is 0 Å². The minimum atomic E-state index is 0.486. The van der Waals surface area contributed by atoms with Crippen LogP contribution in [0.25, 0.3) is 0 Å². The molecule has 0 aromatic rings. The summed E-state index contributed by atoms with van der Waals surface area (Å²) in [4.78, 5) is 0. The zero-order chi connectivity index (χ0) is 16.0. The molecule has 0 heteroatoms. The van der Waals surface area contributed by atoms with Crippen molar-refractivity contribution in [1.82, 2.24) is 0 Å². The van der Waals surface area contributed by atoms with Gasteiger partial charge in [-0.05, 0) is 47.8 Å². The molecule has 0 amide bonds. The molecule has 122 valence electrons. The van der Waals surface area contributed by atoms with Crippen molar-refractivity contribution < 1.29 is 0 Å². The fourth-order valence-electron chi connectivity index (χ4n) is 3.25. The number of hydrogen-bond donors (Lipinski definition) is 0. The Morgan fingerprint density at radius 2 is 1.40 bits per heavy atom. The lowest BCUT2D eigenvalue weighted by Crippen LogP contribution is -2.28. The molecule has 0 radical (unpaired) electrons. The summed E-state index contributed by atoms with van der Waals surface area (Å²) in [6.45, 7) is 21.7. The lowest BCUT2D eigenvalue weighted by molar-refractivity contribution is 0.133. The highest BCUT2D eigenvalue weighted by Gasteiger charge is 2.29. The monoisotopic (exact) mass is 282 g/mol. The summed E-state index contributed by atoms with van der Waals surface area (Å²) in [5.41, 5.74) is 0.976. The summed E-state index contributed by atoms with van der Waals surface area (Å²) in [7, 11) is 0. The Bertz CT molecular complexity index is 243. The Hall–Kier alpha value is 0. The first-order valence-corrected chi connectivity index (χ1v) is 9.03. The van der Waals surface area contributed by atoms with Gasteiger partial charge in [-0.15, -0.1) is 0 Å². The van der Waals surface area contributed by atoms with Gasteiger partial charge in [0.15, 0.2) is 0 Å². The number of rotatable bonds is 9.